The van der Waals surface area contributed by atoms with Gasteiger partial charge in [-0.3, -0.25) is 0 Å². The van der Waals surface area contributed by atoms with Crippen LogP contribution in [0.5, 0.6) is 5.75 Å². The molecule has 0 aliphatic carbocycles. The molecule has 0 saturated heterocycles. The summed E-state index contributed by atoms with van der Waals surface area (Å²) in [5.41, 5.74) is 8.39. The fourth-order valence-electron chi connectivity index (χ4n) is 4.07. The van der Waals surface area contributed by atoms with Gasteiger partial charge in [0.25, 0.3) is 0 Å². The van der Waals surface area contributed by atoms with Gasteiger partial charge < -0.3 is 24.7 Å². The summed E-state index contributed by atoms with van der Waals surface area (Å²) in [5.74, 6) is -0.541. The van der Waals surface area contributed by atoms with E-state index < -0.39 is 5.97 Å². The van der Waals surface area contributed by atoms with Gasteiger partial charge in [0.2, 0.25) is 0 Å². The Labute approximate surface area is 214 Å². The van der Waals surface area contributed by atoms with E-state index in [1.54, 1.807) is 12.1 Å². The molecule has 0 saturated carbocycles. The van der Waals surface area contributed by atoms with Crippen LogP contribution in [0.2, 0.25) is 0 Å². The molecule has 3 aromatic carbocycles. The molecule has 2 heterocycles. The Balaban J connectivity index is 0.00000153. The van der Waals surface area contributed by atoms with Crippen LogP contribution >= 0.6 is 0 Å². The van der Waals surface area contributed by atoms with Crippen molar-refractivity contribution in [1.82, 2.24) is 9.55 Å². The van der Waals surface area contributed by atoms with Crippen molar-refractivity contribution >= 4 is 22.6 Å². The van der Waals surface area contributed by atoms with Gasteiger partial charge in [0.05, 0.1) is 23.3 Å². The molecule has 4 aromatic rings. The number of hydrogen-bond acceptors (Lipinski definition) is 4. The molecule has 5 rings (SSSR count). The molecule has 0 radical (unpaired) electrons. The maximum absolute atomic E-state index is 11.5. The minimum Gasteiger partial charge on any atom is -0.545 e. The number of nitrogens with zero attached hydrogens (tertiary/aromatic N) is 2. The summed E-state index contributed by atoms with van der Waals surface area (Å²) in [7, 11) is 0. The first-order valence-electron chi connectivity index (χ1n) is 10.2. The van der Waals surface area contributed by atoms with E-state index in [9.17, 15) is 9.90 Å². The zero-order chi connectivity index (χ0) is 21.5. The summed E-state index contributed by atoms with van der Waals surface area (Å²) < 4.78 is 8.11. The van der Waals surface area contributed by atoms with Gasteiger partial charge in [-0.15, -0.1) is 0 Å². The van der Waals surface area contributed by atoms with Crippen LogP contribution in [0.1, 0.15) is 38.2 Å². The van der Waals surface area contributed by atoms with Crippen LogP contribution in [0, 0.1) is 13.8 Å². The first-order chi connectivity index (χ1) is 15.0. The van der Waals surface area contributed by atoms with Crippen LogP contribution in [0.4, 0.5) is 0 Å². The van der Waals surface area contributed by atoms with Gasteiger partial charge in [-0.2, -0.15) is 0 Å². The molecular weight excluding hydrogens is 427 g/mol. The number of carbonyl (C=O) groups is 1. The number of aryl methyl sites for hydroxylation is 2. The van der Waals surface area contributed by atoms with E-state index in [0.717, 1.165) is 33.3 Å². The molecule has 33 heavy (non-hydrogen) atoms. The molecule has 0 fully saturated rings. The number of imidazole rings is 1. The van der Waals surface area contributed by atoms with Crippen molar-refractivity contribution in [3.8, 4) is 5.75 Å². The summed E-state index contributed by atoms with van der Waals surface area (Å²) in [5, 5.41) is 11.5. The third-order valence-corrected chi connectivity index (χ3v) is 5.92. The molecule has 2 N–H and O–H groups in total. The van der Waals surface area contributed by atoms with E-state index in [0.29, 0.717) is 18.9 Å². The van der Waals surface area contributed by atoms with Crippen LogP contribution in [0.25, 0.3) is 16.6 Å². The van der Waals surface area contributed by atoms with E-state index in [1.807, 2.05) is 30.6 Å². The number of allylic oxidation sites excluding steroid dienone is 1. The van der Waals surface area contributed by atoms with E-state index in [1.165, 1.54) is 17.2 Å². The first kappa shape index (κ1) is 24.7. The number of hydrogen-bond donors (Lipinski definition) is 0. The van der Waals surface area contributed by atoms with E-state index in [4.69, 9.17) is 4.74 Å². The maximum atomic E-state index is 11.5. The first-order valence-corrected chi connectivity index (χ1v) is 10.2. The predicted octanol–water partition coefficient (Wildman–Crippen LogP) is 0.220. The van der Waals surface area contributed by atoms with E-state index in [2.05, 4.69) is 41.6 Å². The van der Waals surface area contributed by atoms with Crippen LogP contribution in [0.15, 0.2) is 67.0 Å². The number of ether oxygens (including phenoxy) is 1. The van der Waals surface area contributed by atoms with Crippen molar-refractivity contribution in [1.29, 1.82) is 0 Å². The number of aromatic carboxylic acids is 1. The fourth-order valence-corrected chi connectivity index (χ4v) is 4.07. The second kappa shape index (κ2) is 9.93. The Morgan fingerprint density at radius 2 is 1.85 bits per heavy atom. The standard InChI is InChI=1S/C26H22N2O3.Na.H2O/c1-16-11-23-24(12-17(16)2)28(15-27-23)10-9-21-20-6-4-3-5-19(20)14-31-25-8-7-18(26(29)30)13-22(21)25;;/h3-9,11-13,15H,10,14H2,1-2H3,(H,29,30);;1H2/q;+1;/p-1/b21-9+;;. The topological polar surface area (TPSA) is 98.7 Å². The van der Waals surface area contributed by atoms with Gasteiger partial charge in [-0.25, -0.2) is 4.98 Å². The third kappa shape index (κ3) is 4.61. The molecule has 0 amide bonds. The molecule has 0 atom stereocenters. The van der Waals surface area contributed by atoms with Gasteiger partial charge in [0.15, 0.2) is 0 Å². The number of benzene rings is 3. The molecule has 162 valence electrons. The number of fused-ring (bicyclic) bond motifs is 3. The van der Waals surface area contributed by atoms with Gasteiger partial charge >= 0.3 is 29.6 Å². The summed E-state index contributed by atoms with van der Waals surface area (Å²) in [6.45, 7) is 5.21. The maximum Gasteiger partial charge on any atom is 1.00 e. The molecule has 0 bridgehead atoms. The van der Waals surface area contributed by atoms with Gasteiger partial charge in [0.1, 0.15) is 12.4 Å². The summed E-state index contributed by atoms with van der Waals surface area (Å²) in [6.07, 6.45) is 3.96. The number of rotatable bonds is 3. The van der Waals surface area contributed by atoms with Crippen molar-refractivity contribution in [2.24, 2.45) is 0 Å². The van der Waals surface area contributed by atoms with Crippen LogP contribution < -0.4 is 39.4 Å². The Morgan fingerprint density at radius 1 is 1.09 bits per heavy atom. The van der Waals surface area contributed by atoms with Crippen molar-refractivity contribution in [2.45, 2.75) is 27.0 Å². The molecule has 1 aliphatic rings. The average molecular weight is 450 g/mol. The predicted molar refractivity (Wildman–Crippen MR) is 121 cm³/mol. The normalized spacial score (nSPS) is 13.2. The largest absolute Gasteiger partial charge is 1.00 e. The van der Waals surface area contributed by atoms with Crippen molar-refractivity contribution in [3.05, 3.63) is 100 Å². The molecule has 0 spiro atoms. The zero-order valence-corrected chi connectivity index (χ0v) is 20.9. The minimum atomic E-state index is -1.20. The summed E-state index contributed by atoms with van der Waals surface area (Å²) >= 11 is 0. The van der Waals surface area contributed by atoms with Crippen LogP contribution in [-0.2, 0) is 13.2 Å². The second-order valence-electron chi connectivity index (χ2n) is 7.88. The Kier molecular flexibility index (Phi) is 7.44. The monoisotopic (exact) mass is 450 g/mol. The molecular formula is C26H23N2NaO4. The van der Waals surface area contributed by atoms with Gasteiger partial charge in [-0.05, 0) is 77.6 Å². The molecule has 0 unspecified atom stereocenters. The van der Waals surface area contributed by atoms with Gasteiger partial charge in [0, 0.05) is 12.1 Å². The third-order valence-electron chi connectivity index (χ3n) is 5.92. The number of carbonyl (C=O) groups excluding carboxylic acids is 1. The van der Waals surface area contributed by atoms with E-state index in [-0.39, 0.29) is 40.6 Å². The van der Waals surface area contributed by atoms with Crippen LogP contribution in [-0.4, -0.2) is 21.0 Å². The molecule has 1 aliphatic heterocycles. The number of aromatic nitrogens is 2. The number of carboxylic acid groups (broad SMARTS) is 1. The van der Waals surface area contributed by atoms with Crippen molar-refractivity contribution < 1.29 is 49.7 Å². The fraction of sp³-hybridized carbons (Fsp3) is 0.154. The Morgan fingerprint density at radius 3 is 2.64 bits per heavy atom. The molecule has 1 aromatic heterocycles. The minimum absolute atomic E-state index is 0. The number of carboxylic acids is 1. The van der Waals surface area contributed by atoms with Gasteiger partial charge in [-0.1, -0.05) is 30.3 Å². The SMILES string of the molecule is Cc1cc2ncn(C/C=C3\c4ccccc4COc4ccc(C(=O)[O-])cc43)c2cc1C.O.[Na+]. The quantitative estimate of drug-likeness (QED) is 0.417. The Hall–Kier alpha value is -2.90. The molecule has 6 nitrogen and oxygen atoms in total. The summed E-state index contributed by atoms with van der Waals surface area (Å²) in [4.78, 5) is 16.0. The average Bonchev–Trinajstić information content (AvgIpc) is 3.07. The Bertz CT molecular complexity index is 1370. The van der Waals surface area contributed by atoms with Crippen molar-refractivity contribution in [3.63, 3.8) is 0 Å². The van der Waals surface area contributed by atoms with Crippen molar-refractivity contribution in [2.75, 3.05) is 0 Å². The van der Waals surface area contributed by atoms with Crippen LogP contribution in [0.3, 0.4) is 0 Å². The second-order valence-corrected chi connectivity index (χ2v) is 7.88. The van der Waals surface area contributed by atoms with E-state index >= 15 is 0 Å². The summed E-state index contributed by atoms with van der Waals surface area (Å²) in [6, 6.07) is 17.2. The smallest absolute Gasteiger partial charge is 0.545 e. The molecule has 7 heteroatoms. The zero-order valence-electron chi connectivity index (χ0n) is 18.9.